The van der Waals surface area contributed by atoms with E-state index in [0.29, 0.717) is 31.1 Å². The predicted octanol–water partition coefficient (Wildman–Crippen LogP) is 5.31. The monoisotopic (exact) mass is 697 g/mol. The highest BCUT2D eigenvalue weighted by atomic mass is 16.6. The van der Waals surface area contributed by atoms with E-state index in [1.807, 2.05) is 38.1 Å². The zero-order chi connectivity index (χ0) is 37.1. The zero-order valence-electron chi connectivity index (χ0n) is 30.9. The smallest absolute Gasteiger partial charge is 0.413 e. The van der Waals surface area contributed by atoms with Crippen molar-refractivity contribution in [2.24, 2.45) is 5.92 Å². The second-order valence-electron chi connectivity index (χ2n) is 15.2. The maximum Gasteiger partial charge on any atom is 0.413 e. The number of hydrogen-bond donors (Lipinski definition) is 4. The van der Waals surface area contributed by atoms with E-state index < -0.39 is 40.9 Å². The van der Waals surface area contributed by atoms with Gasteiger partial charge < -0.3 is 34.9 Å². The molecular weight excluding hydrogens is 642 g/mol. The summed E-state index contributed by atoms with van der Waals surface area (Å²) in [6.45, 7) is 17.4. The fraction of sp³-hybridized carbons (Fsp3) is 0.595. The van der Waals surface area contributed by atoms with Gasteiger partial charge in [0.05, 0.1) is 19.3 Å². The third-order valence-electron chi connectivity index (χ3n) is 7.62. The van der Waals surface area contributed by atoms with Gasteiger partial charge in [0, 0.05) is 25.6 Å². The van der Waals surface area contributed by atoms with Gasteiger partial charge in [-0.15, -0.1) is 0 Å². The van der Waals surface area contributed by atoms with Gasteiger partial charge in [-0.1, -0.05) is 32.0 Å². The number of hydrogen-bond acceptors (Lipinski definition) is 9. The lowest BCUT2D eigenvalue weighted by Crippen LogP contribution is -2.61. The summed E-state index contributed by atoms with van der Waals surface area (Å²) in [7, 11) is 0. The van der Waals surface area contributed by atoms with Gasteiger partial charge >= 0.3 is 18.1 Å². The molecule has 2 aliphatic rings. The van der Waals surface area contributed by atoms with E-state index in [9.17, 15) is 19.2 Å². The van der Waals surface area contributed by atoms with Crippen LogP contribution >= 0.6 is 0 Å². The number of benzene rings is 1. The molecule has 0 spiro atoms. The quantitative estimate of drug-likeness (QED) is 0.281. The normalized spacial score (nSPS) is 19.0. The minimum Gasteiger partial charge on any atom is -0.494 e. The fourth-order valence-electron chi connectivity index (χ4n) is 4.98. The molecule has 0 unspecified atom stereocenters. The number of amides is 4. The van der Waals surface area contributed by atoms with Crippen molar-refractivity contribution in [3.05, 3.63) is 53.7 Å². The van der Waals surface area contributed by atoms with Gasteiger partial charge in [0.25, 0.3) is 0 Å². The molecule has 0 saturated heterocycles. The minimum atomic E-state index is -1.57. The number of anilines is 1. The lowest BCUT2D eigenvalue weighted by molar-refractivity contribution is -0.162. The van der Waals surface area contributed by atoms with Crippen molar-refractivity contribution in [2.75, 3.05) is 25.1 Å². The molecule has 0 aliphatic carbocycles. The van der Waals surface area contributed by atoms with Crippen molar-refractivity contribution < 1.29 is 38.1 Å². The van der Waals surface area contributed by atoms with Crippen LogP contribution in [0.5, 0.6) is 5.75 Å². The average Bonchev–Trinajstić information content (AvgIpc) is 2.98. The molecule has 276 valence electrons. The van der Waals surface area contributed by atoms with Crippen LogP contribution in [0.25, 0.3) is 0 Å². The Morgan fingerprint density at radius 1 is 0.940 bits per heavy atom. The van der Waals surface area contributed by atoms with Gasteiger partial charge in [-0.05, 0) is 96.6 Å². The maximum atomic E-state index is 13.8. The van der Waals surface area contributed by atoms with Crippen molar-refractivity contribution in [3.63, 3.8) is 0 Å². The van der Waals surface area contributed by atoms with Gasteiger partial charge in [-0.25, -0.2) is 19.4 Å². The number of carbonyl (C=O) groups is 4. The number of ether oxygens (including phenoxy) is 4. The summed E-state index contributed by atoms with van der Waals surface area (Å²) in [5, 5.41) is 11.2. The third-order valence-corrected chi connectivity index (χ3v) is 7.62. The first kappa shape index (κ1) is 40.0. The van der Waals surface area contributed by atoms with Gasteiger partial charge in [0.15, 0.2) is 0 Å². The summed E-state index contributed by atoms with van der Waals surface area (Å²) in [6, 6.07) is 8.65. The number of rotatable bonds is 7. The largest absolute Gasteiger partial charge is 0.494 e. The zero-order valence-corrected chi connectivity index (χ0v) is 30.9. The SMILES string of the molecule is CC(C)[C@H]1COCCCCOc2ccc(cc2)C[C@@H](NC(=O)N[C@@](C)(Cc2ccc(NC(=O)OC(C)(C)C)nc2)C(=O)OC(C)(C)C)C(=O)N1. The van der Waals surface area contributed by atoms with Gasteiger partial charge in [-0.3, -0.25) is 10.1 Å². The second-order valence-corrected chi connectivity index (χ2v) is 15.2. The van der Waals surface area contributed by atoms with Crippen LogP contribution in [0.3, 0.4) is 0 Å². The Morgan fingerprint density at radius 3 is 2.20 bits per heavy atom. The summed E-state index contributed by atoms with van der Waals surface area (Å²) in [5.41, 5.74) is -1.70. The van der Waals surface area contributed by atoms with Crippen LogP contribution in [0.1, 0.15) is 86.3 Å². The van der Waals surface area contributed by atoms with Gasteiger partial charge in [0.2, 0.25) is 5.91 Å². The number of nitrogens with zero attached hydrogens (tertiary/aromatic N) is 1. The van der Waals surface area contributed by atoms with Crippen LogP contribution in [0, 0.1) is 5.92 Å². The van der Waals surface area contributed by atoms with Crippen molar-refractivity contribution in [2.45, 2.75) is 117 Å². The number of esters is 1. The molecule has 4 N–H and O–H groups in total. The van der Waals surface area contributed by atoms with Crippen molar-refractivity contribution >= 4 is 29.8 Å². The topological polar surface area (TPSA) is 166 Å². The Labute approximate surface area is 295 Å². The molecule has 0 saturated carbocycles. The number of aromatic nitrogens is 1. The van der Waals surface area contributed by atoms with Crippen LogP contribution in [-0.2, 0) is 36.6 Å². The summed E-state index contributed by atoms with van der Waals surface area (Å²) >= 11 is 0. The van der Waals surface area contributed by atoms with Crippen molar-refractivity contribution in [1.29, 1.82) is 0 Å². The molecular formula is C37H55N5O8. The number of fused-ring (bicyclic) bond motifs is 13. The molecule has 0 radical (unpaired) electrons. The summed E-state index contributed by atoms with van der Waals surface area (Å²) in [6.07, 6.45) is 2.69. The maximum absolute atomic E-state index is 13.8. The van der Waals surface area contributed by atoms with E-state index >= 15 is 0 Å². The molecule has 1 aromatic heterocycles. The first-order chi connectivity index (χ1) is 23.3. The Morgan fingerprint density at radius 2 is 1.60 bits per heavy atom. The van der Waals surface area contributed by atoms with Gasteiger partial charge in [0.1, 0.15) is 34.4 Å². The molecule has 0 fully saturated rings. The summed E-state index contributed by atoms with van der Waals surface area (Å²) < 4.78 is 22.7. The molecule has 3 heterocycles. The average molecular weight is 698 g/mol. The number of urea groups is 1. The highest BCUT2D eigenvalue weighted by Crippen LogP contribution is 2.21. The highest BCUT2D eigenvalue weighted by molar-refractivity contribution is 5.91. The van der Waals surface area contributed by atoms with Crippen molar-refractivity contribution in [3.8, 4) is 5.75 Å². The third kappa shape index (κ3) is 13.9. The summed E-state index contributed by atoms with van der Waals surface area (Å²) in [5.74, 6) is -0.0185. The van der Waals surface area contributed by atoms with E-state index in [0.717, 1.165) is 18.4 Å². The molecule has 4 rings (SSSR count). The fourth-order valence-corrected chi connectivity index (χ4v) is 4.98. The number of nitrogens with one attached hydrogen (secondary N) is 4. The van der Waals surface area contributed by atoms with E-state index in [1.54, 1.807) is 60.6 Å². The molecule has 50 heavy (non-hydrogen) atoms. The van der Waals surface area contributed by atoms with Crippen molar-refractivity contribution in [1.82, 2.24) is 20.9 Å². The van der Waals surface area contributed by atoms with Crippen LogP contribution in [0.2, 0.25) is 0 Å². The van der Waals surface area contributed by atoms with Crippen LogP contribution in [0.15, 0.2) is 42.6 Å². The van der Waals surface area contributed by atoms with E-state index in [4.69, 9.17) is 18.9 Å². The molecule has 2 bridgehead atoms. The standard InChI is InChI=1S/C37H55N5O8/c1-24(2)29-23-47-18-10-11-19-48-27-15-12-25(13-16-27)20-28(31(43)39-29)40-33(45)42-37(9,32(44)49-35(3,4)5)21-26-14-17-30(38-22-26)41-34(46)50-36(6,7)8/h12-17,22,24,28-29H,10-11,18-21,23H2,1-9H3,(H,39,43)(H,38,41,46)(H2,40,42,45)/t28-,29-,37+/m1/s1. The highest BCUT2D eigenvalue weighted by Gasteiger charge is 2.40. The first-order valence-electron chi connectivity index (χ1n) is 17.2. The number of pyridine rings is 1. The molecule has 2 aromatic rings. The second kappa shape index (κ2) is 17.5. The molecule has 13 heteroatoms. The Hall–Kier alpha value is -4.39. The Kier molecular flexibility index (Phi) is 14.0. The van der Waals surface area contributed by atoms with Crippen LogP contribution in [0.4, 0.5) is 15.4 Å². The van der Waals surface area contributed by atoms with Crippen LogP contribution < -0.4 is 26.0 Å². The summed E-state index contributed by atoms with van der Waals surface area (Å²) in [4.78, 5) is 57.6. The van der Waals surface area contributed by atoms with Crippen LogP contribution in [-0.4, -0.2) is 77.6 Å². The van der Waals surface area contributed by atoms with E-state index in [2.05, 4.69) is 26.3 Å². The molecule has 1 aromatic carbocycles. The van der Waals surface area contributed by atoms with Gasteiger partial charge in [-0.2, -0.15) is 0 Å². The molecule has 2 aliphatic heterocycles. The lowest BCUT2D eigenvalue weighted by Gasteiger charge is -2.33. The van der Waals surface area contributed by atoms with E-state index in [1.165, 1.54) is 6.20 Å². The first-order valence-corrected chi connectivity index (χ1v) is 17.2. The number of carbonyl (C=O) groups excluding carboxylic acids is 4. The molecule has 4 amide bonds. The predicted molar refractivity (Wildman–Crippen MR) is 190 cm³/mol. The lowest BCUT2D eigenvalue weighted by atomic mass is 9.93. The Balaban J connectivity index is 1.84. The minimum absolute atomic E-state index is 0.000137. The van der Waals surface area contributed by atoms with E-state index in [-0.39, 0.29) is 36.5 Å². The molecule has 3 atom stereocenters. The molecule has 13 nitrogen and oxygen atoms in total. The Bertz CT molecular complexity index is 1430.